The Morgan fingerprint density at radius 1 is 1.40 bits per heavy atom. The fourth-order valence-corrected chi connectivity index (χ4v) is 2.34. The number of hydrogen-bond donors (Lipinski definition) is 0. The zero-order valence-electron chi connectivity index (χ0n) is 7.70. The van der Waals surface area contributed by atoms with Gasteiger partial charge in [0, 0.05) is 0 Å². The van der Waals surface area contributed by atoms with E-state index in [1.807, 2.05) is 5.38 Å². The van der Waals surface area contributed by atoms with Crippen molar-refractivity contribution in [1.82, 2.24) is 9.97 Å². The number of ether oxygens (including phenoxy) is 1. The molecule has 0 aliphatic carbocycles. The summed E-state index contributed by atoms with van der Waals surface area (Å²) in [6, 6.07) is 1.79. The van der Waals surface area contributed by atoms with Crippen LogP contribution in [0.2, 0.25) is 10.2 Å². The number of nitrogens with zero attached hydrogens (tertiary/aromatic N) is 2. The van der Waals surface area contributed by atoms with Crippen molar-refractivity contribution in [3.63, 3.8) is 0 Å². The molecule has 0 saturated heterocycles. The number of aromatic nitrogens is 2. The van der Waals surface area contributed by atoms with Crippen molar-refractivity contribution in [3.05, 3.63) is 27.8 Å². The highest BCUT2D eigenvalue weighted by atomic mass is 35.5. The topological polar surface area (TPSA) is 35.0 Å². The summed E-state index contributed by atoms with van der Waals surface area (Å²) in [6.07, 6.45) is 1.53. The average molecular weight is 261 g/mol. The minimum Gasteiger partial charge on any atom is -0.492 e. The average Bonchev–Trinajstić information content (AvgIpc) is 2.64. The minimum atomic E-state index is 0.284. The van der Waals surface area contributed by atoms with Crippen molar-refractivity contribution in [3.8, 4) is 16.5 Å². The van der Waals surface area contributed by atoms with Crippen molar-refractivity contribution in [2.45, 2.75) is 0 Å². The van der Waals surface area contributed by atoms with E-state index >= 15 is 0 Å². The van der Waals surface area contributed by atoms with E-state index in [9.17, 15) is 0 Å². The van der Waals surface area contributed by atoms with Crippen LogP contribution in [0, 0.1) is 0 Å². The second-order valence-corrected chi connectivity index (χ2v) is 4.33. The lowest BCUT2D eigenvalue weighted by atomic mass is 10.4. The molecule has 2 heterocycles. The molecule has 3 nitrogen and oxygen atoms in total. The van der Waals surface area contributed by atoms with Crippen LogP contribution in [-0.2, 0) is 0 Å². The molecular formula is C9H6Cl2N2OS. The van der Waals surface area contributed by atoms with Gasteiger partial charge < -0.3 is 4.74 Å². The molecular weight excluding hydrogens is 255 g/mol. The van der Waals surface area contributed by atoms with Gasteiger partial charge in [0.25, 0.3) is 0 Å². The van der Waals surface area contributed by atoms with Gasteiger partial charge in [0.2, 0.25) is 0 Å². The van der Waals surface area contributed by atoms with Gasteiger partial charge in [-0.05, 0) is 11.4 Å². The van der Waals surface area contributed by atoms with E-state index in [0.717, 1.165) is 4.88 Å². The van der Waals surface area contributed by atoms with Gasteiger partial charge >= 0.3 is 0 Å². The highest BCUT2D eigenvalue weighted by molar-refractivity contribution is 7.14. The molecule has 2 aromatic rings. The summed E-state index contributed by atoms with van der Waals surface area (Å²) >= 11 is 13.3. The van der Waals surface area contributed by atoms with E-state index in [0.29, 0.717) is 16.6 Å². The number of hydrogen-bond acceptors (Lipinski definition) is 4. The summed E-state index contributed by atoms with van der Waals surface area (Å²) in [4.78, 5) is 9.03. The second kappa shape index (κ2) is 4.35. The van der Waals surface area contributed by atoms with Crippen LogP contribution in [0.3, 0.4) is 0 Å². The van der Waals surface area contributed by atoms with Gasteiger partial charge in [-0.15, -0.1) is 11.3 Å². The molecule has 6 heteroatoms. The molecule has 0 fully saturated rings. The van der Waals surface area contributed by atoms with Gasteiger partial charge in [-0.1, -0.05) is 23.2 Å². The predicted octanol–water partition coefficient (Wildman–Crippen LogP) is 3.52. The Hall–Kier alpha value is -0.840. The molecule has 0 saturated carbocycles. The molecule has 0 bridgehead atoms. The van der Waals surface area contributed by atoms with E-state index in [1.165, 1.54) is 24.6 Å². The highest BCUT2D eigenvalue weighted by Gasteiger charge is 2.11. The first-order valence-corrected chi connectivity index (χ1v) is 5.66. The van der Waals surface area contributed by atoms with Crippen molar-refractivity contribution >= 4 is 34.5 Å². The van der Waals surface area contributed by atoms with Crippen LogP contribution < -0.4 is 4.74 Å². The van der Waals surface area contributed by atoms with Gasteiger partial charge in [0.15, 0.2) is 16.7 Å². The van der Waals surface area contributed by atoms with Gasteiger partial charge in [-0.3, -0.25) is 0 Å². The number of methoxy groups -OCH3 is 1. The summed E-state index contributed by atoms with van der Waals surface area (Å²) < 4.78 is 4.96. The maximum atomic E-state index is 5.96. The molecule has 15 heavy (non-hydrogen) atoms. The maximum absolute atomic E-state index is 5.96. The largest absolute Gasteiger partial charge is 0.492 e. The van der Waals surface area contributed by atoms with Crippen LogP contribution in [0.25, 0.3) is 10.7 Å². The summed E-state index contributed by atoms with van der Waals surface area (Å²) in [5.74, 6) is 0.967. The van der Waals surface area contributed by atoms with Crippen molar-refractivity contribution < 1.29 is 4.74 Å². The van der Waals surface area contributed by atoms with Crippen LogP contribution in [0.5, 0.6) is 5.75 Å². The first-order valence-electron chi connectivity index (χ1n) is 4.02. The van der Waals surface area contributed by atoms with Crippen LogP contribution >= 0.6 is 34.5 Å². The fraction of sp³-hybridized carbons (Fsp3) is 0.111. The van der Waals surface area contributed by atoms with Gasteiger partial charge in [-0.2, -0.15) is 0 Å². The third kappa shape index (κ3) is 2.07. The number of rotatable bonds is 2. The monoisotopic (exact) mass is 260 g/mol. The van der Waals surface area contributed by atoms with Crippen molar-refractivity contribution in [1.29, 1.82) is 0 Å². The first-order chi connectivity index (χ1) is 7.22. The predicted molar refractivity (Wildman–Crippen MR) is 61.9 cm³/mol. The zero-order valence-corrected chi connectivity index (χ0v) is 10.0. The summed E-state index contributed by atoms with van der Waals surface area (Å²) in [7, 11) is 1.52. The highest BCUT2D eigenvalue weighted by Crippen LogP contribution is 2.32. The molecule has 0 spiro atoms. The molecule has 0 aliphatic heterocycles. The Morgan fingerprint density at radius 2 is 2.20 bits per heavy atom. The number of halogens is 2. The Morgan fingerprint density at radius 3 is 2.73 bits per heavy atom. The second-order valence-electron chi connectivity index (χ2n) is 2.65. The molecule has 0 unspecified atom stereocenters. The normalized spacial score (nSPS) is 10.3. The molecule has 0 aliphatic rings. The lowest BCUT2D eigenvalue weighted by Crippen LogP contribution is -1.92. The van der Waals surface area contributed by atoms with Gasteiger partial charge in [0.1, 0.15) is 0 Å². The van der Waals surface area contributed by atoms with E-state index in [2.05, 4.69) is 9.97 Å². The van der Waals surface area contributed by atoms with Crippen LogP contribution in [0.1, 0.15) is 0 Å². The molecule has 2 rings (SSSR count). The summed E-state index contributed by atoms with van der Waals surface area (Å²) in [6.45, 7) is 0. The lowest BCUT2D eigenvalue weighted by Gasteiger charge is -2.02. The Kier molecular flexibility index (Phi) is 3.09. The quantitative estimate of drug-likeness (QED) is 0.776. The Bertz CT molecular complexity index is 487. The van der Waals surface area contributed by atoms with Crippen molar-refractivity contribution in [2.24, 2.45) is 0 Å². The minimum absolute atomic E-state index is 0.284. The molecule has 0 amide bonds. The molecule has 0 atom stereocenters. The van der Waals surface area contributed by atoms with E-state index in [-0.39, 0.29) is 5.15 Å². The fourth-order valence-electron chi connectivity index (χ4n) is 1.05. The molecule has 0 radical (unpaired) electrons. The smallest absolute Gasteiger partial charge is 0.175 e. The maximum Gasteiger partial charge on any atom is 0.175 e. The van der Waals surface area contributed by atoms with Crippen molar-refractivity contribution in [2.75, 3.05) is 7.11 Å². The van der Waals surface area contributed by atoms with Crippen LogP contribution in [-0.4, -0.2) is 17.1 Å². The lowest BCUT2D eigenvalue weighted by molar-refractivity contribution is 0.411. The molecule has 0 aromatic carbocycles. The molecule has 0 N–H and O–H groups in total. The van der Waals surface area contributed by atoms with Crippen LogP contribution in [0.4, 0.5) is 0 Å². The Balaban J connectivity index is 2.47. The Labute approximate surface area is 101 Å². The molecule has 78 valence electrons. The third-order valence-electron chi connectivity index (χ3n) is 1.75. The summed E-state index contributed by atoms with van der Waals surface area (Å²) in [5.41, 5.74) is 0. The molecule has 2 aromatic heterocycles. The third-order valence-corrected chi connectivity index (χ3v) is 3.36. The van der Waals surface area contributed by atoms with Gasteiger partial charge in [-0.25, -0.2) is 9.97 Å². The number of thiophene rings is 1. The van der Waals surface area contributed by atoms with E-state index in [1.54, 1.807) is 6.07 Å². The first kappa shape index (κ1) is 10.7. The standard InChI is InChI=1S/C9H6Cl2N2OS/c1-14-6-4-12-9(13-8(6)11)7-5(10)2-3-15-7/h2-4H,1H3. The SMILES string of the molecule is COc1cnc(-c2sccc2Cl)nc1Cl. The van der Waals surface area contributed by atoms with Crippen LogP contribution in [0.15, 0.2) is 17.6 Å². The zero-order chi connectivity index (χ0) is 10.8. The van der Waals surface area contributed by atoms with E-state index < -0.39 is 0 Å². The van der Waals surface area contributed by atoms with Gasteiger partial charge in [0.05, 0.1) is 23.2 Å². The summed E-state index contributed by atoms with van der Waals surface area (Å²) in [5, 5.41) is 2.78. The van der Waals surface area contributed by atoms with E-state index in [4.69, 9.17) is 27.9 Å².